The molecule has 0 aromatic carbocycles. The van der Waals surface area contributed by atoms with Crippen LogP contribution in [0.15, 0.2) is 24.4 Å². The summed E-state index contributed by atoms with van der Waals surface area (Å²) in [6, 6.07) is 6.00. The van der Waals surface area contributed by atoms with E-state index in [1.54, 1.807) is 0 Å². The predicted molar refractivity (Wildman–Crippen MR) is 43.3 cm³/mol. The zero-order valence-electron chi connectivity index (χ0n) is 6.54. The average Bonchev–Trinajstić information content (AvgIpc) is 1.90. The van der Waals surface area contributed by atoms with Crippen LogP contribution in [0.4, 0.5) is 0 Å². The highest BCUT2D eigenvalue weighted by Crippen LogP contribution is 2.08. The van der Waals surface area contributed by atoms with Crippen LogP contribution >= 0.6 is 0 Å². The molecule has 0 aliphatic carbocycles. The van der Waals surface area contributed by atoms with Crippen LogP contribution in [0.5, 0.6) is 0 Å². The van der Waals surface area contributed by atoms with Crippen molar-refractivity contribution in [1.82, 2.24) is 11.1 Å². The third-order valence-electron chi connectivity index (χ3n) is 1.28. The maximum absolute atomic E-state index is 4.18. The van der Waals surface area contributed by atoms with Crippen LogP contribution < -0.4 is 6.15 Å². The van der Waals surface area contributed by atoms with Gasteiger partial charge in [-0.25, -0.2) is 0 Å². The quantitative estimate of drug-likeness (QED) is 0.647. The zero-order chi connectivity index (χ0) is 6.69. The van der Waals surface area contributed by atoms with Gasteiger partial charge in [-0.2, -0.15) is 0 Å². The molecule has 0 spiro atoms. The van der Waals surface area contributed by atoms with Gasteiger partial charge in [0.2, 0.25) is 0 Å². The van der Waals surface area contributed by atoms with E-state index in [9.17, 15) is 0 Å². The number of pyridine rings is 1. The minimum absolute atomic E-state index is 0. The molecule has 2 nitrogen and oxygen atoms in total. The van der Waals surface area contributed by atoms with Crippen molar-refractivity contribution in [2.75, 3.05) is 0 Å². The fourth-order valence-electron chi connectivity index (χ4n) is 0.717. The molecule has 0 saturated carbocycles. The third kappa shape index (κ3) is 2.15. The SMILES string of the molecule is CC(C)c1ccccn1.N. The van der Waals surface area contributed by atoms with Gasteiger partial charge in [0.05, 0.1) is 0 Å². The van der Waals surface area contributed by atoms with Gasteiger partial charge in [0.15, 0.2) is 0 Å². The van der Waals surface area contributed by atoms with Crippen molar-refractivity contribution >= 4 is 0 Å². The lowest BCUT2D eigenvalue weighted by atomic mass is 10.1. The van der Waals surface area contributed by atoms with Crippen molar-refractivity contribution in [3.05, 3.63) is 30.1 Å². The van der Waals surface area contributed by atoms with E-state index in [0.717, 1.165) is 5.69 Å². The Morgan fingerprint density at radius 1 is 1.30 bits per heavy atom. The molecule has 0 bridgehead atoms. The molecule has 1 rings (SSSR count). The van der Waals surface area contributed by atoms with Gasteiger partial charge in [-0.05, 0) is 18.1 Å². The van der Waals surface area contributed by atoms with Crippen molar-refractivity contribution < 1.29 is 0 Å². The molecule has 3 N–H and O–H groups in total. The lowest BCUT2D eigenvalue weighted by molar-refractivity contribution is 0.823. The van der Waals surface area contributed by atoms with Crippen molar-refractivity contribution in [2.45, 2.75) is 19.8 Å². The number of hydrogen-bond acceptors (Lipinski definition) is 2. The first kappa shape index (κ1) is 9.11. The molecule has 0 amide bonds. The van der Waals surface area contributed by atoms with Gasteiger partial charge in [-0.3, -0.25) is 4.98 Å². The molecule has 0 fully saturated rings. The van der Waals surface area contributed by atoms with Gasteiger partial charge < -0.3 is 6.15 Å². The maximum Gasteiger partial charge on any atom is 0.0428 e. The predicted octanol–water partition coefficient (Wildman–Crippen LogP) is 2.37. The average molecular weight is 138 g/mol. The second-order valence-electron chi connectivity index (χ2n) is 2.41. The zero-order valence-corrected chi connectivity index (χ0v) is 6.54. The van der Waals surface area contributed by atoms with E-state index in [1.807, 2.05) is 24.4 Å². The smallest absolute Gasteiger partial charge is 0.0428 e. The topological polar surface area (TPSA) is 47.9 Å². The first-order valence-corrected chi connectivity index (χ1v) is 3.21. The summed E-state index contributed by atoms with van der Waals surface area (Å²) < 4.78 is 0. The highest BCUT2D eigenvalue weighted by molar-refractivity contribution is 5.06. The van der Waals surface area contributed by atoms with Gasteiger partial charge in [-0.15, -0.1) is 0 Å². The summed E-state index contributed by atoms with van der Waals surface area (Å²) >= 11 is 0. The Balaban J connectivity index is 0.000000810. The van der Waals surface area contributed by atoms with Crippen LogP contribution in [-0.2, 0) is 0 Å². The molecule has 2 heteroatoms. The normalized spacial score (nSPS) is 9.10. The second kappa shape index (κ2) is 4.01. The molecule has 1 aromatic rings. The second-order valence-corrected chi connectivity index (χ2v) is 2.41. The molecule has 1 heterocycles. The van der Waals surface area contributed by atoms with Gasteiger partial charge >= 0.3 is 0 Å². The molecule has 0 saturated heterocycles. The fraction of sp³-hybridized carbons (Fsp3) is 0.375. The van der Waals surface area contributed by atoms with E-state index in [0.29, 0.717) is 5.92 Å². The van der Waals surface area contributed by atoms with Gasteiger partial charge in [-0.1, -0.05) is 19.9 Å². The van der Waals surface area contributed by atoms with Gasteiger partial charge in [0.1, 0.15) is 0 Å². The first-order valence-electron chi connectivity index (χ1n) is 3.21. The Bertz CT molecular complexity index is 170. The lowest BCUT2D eigenvalue weighted by Crippen LogP contribution is -1.88. The summed E-state index contributed by atoms with van der Waals surface area (Å²) in [5.41, 5.74) is 1.16. The molecular weight excluding hydrogens is 124 g/mol. The summed E-state index contributed by atoms with van der Waals surface area (Å²) in [7, 11) is 0. The number of nitrogens with zero attached hydrogens (tertiary/aromatic N) is 1. The molecule has 0 aliphatic heterocycles. The number of aromatic nitrogens is 1. The Morgan fingerprint density at radius 3 is 2.30 bits per heavy atom. The molecule has 0 radical (unpaired) electrons. The molecular formula is C8H14N2. The summed E-state index contributed by atoms with van der Waals surface area (Å²) in [4.78, 5) is 4.18. The first-order chi connectivity index (χ1) is 4.30. The fourth-order valence-corrected chi connectivity index (χ4v) is 0.717. The molecule has 1 aromatic heterocycles. The van der Waals surface area contributed by atoms with E-state index in [2.05, 4.69) is 18.8 Å². The highest BCUT2D eigenvalue weighted by atomic mass is 14.7. The summed E-state index contributed by atoms with van der Waals surface area (Å²) in [6.07, 6.45) is 1.83. The Hall–Kier alpha value is -0.890. The Kier molecular flexibility index (Phi) is 3.65. The summed E-state index contributed by atoms with van der Waals surface area (Å²) in [6.45, 7) is 4.28. The standard InChI is InChI=1S/C8H11N.H3N/c1-7(2)8-5-3-4-6-9-8;/h3-7H,1-2H3;1H3. The van der Waals surface area contributed by atoms with Crippen molar-refractivity contribution in [3.63, 3.8) is 0 Å². The van der Waals surface area contributed by atoms with Gasteiger partial charge in [0.25, 0.3) is 0 Å². The van der Waals surface area contributed by atoms with Crippen LogP contribution in [0.3, 0.4) is 0 Å². The summed E-state index contributed by atoms with van der Waals surface area (Å²) in [5, 5.41) is 0. The molecule has 0 unspecified atom stereocenters. The van der Waals surface area contributed by atoms with E-state index in [4.69, 9.17) is 0 Å². The van der Waals surface area contributed by atoms with Crippen molar-refractivity contribution in [3.8, 4) is 0 Å². The van der Waals surface area contributed by atoms with E-state index >= 15 is 0 Å². The van der Waals surface area contributed by atoms with E-state index in [1.165, 1.54) is 0 Å². The molecule has 10 heavy (non-hydrogen) atoms. The maximum atomic E-state index is 4.18. The van der Waals surface area contributed by atoms with E-state index in [-0.39, 0.29) is 6.15 Å². The van der Waals surface area contributed by atoms with Crippen LogP contribution in [0.25, 0.3) is 0 Å². The number of hydrogen-bond donors (Lipinski definition) is 1. The molecule has 0 aliphatic rings. The summed E-state index contributed by atoms with van der Waals surface area (Å²) in [5.74, 6) is 0.547. The van der Waals surface area contributed by atoms with Crippen molar-refractivity contribution in [1.29, 1.82) is 0 Å². The van der Waals surface area contributed by atoms with Crippen LogP contribution in [0.1, 0.15) is 25.5 Å². The molecule has 56 valence electrons. The van der Waals surface area contributed by atoms with E-state index < -0.39 is 0 Å². The largest absolute Gasteiger partial charge is 0.344 e. The molecule has 0 atom stereocenters. The van der Waals surface area contributed by atoms with Crippen molar-refractivity contribution in [2.24, 2.45) is 0 Å². The van der Waals surface area contributed by atoms with Crippen LogP contribution in [0.2, 0.25) is 0 Å². The minimum atomic E-state index is 0. The lowest BCUT2D eigenvalue weighted by Gasteiger charge is -2.00. The van der Waals surface area contributed by atoms with Gasteiger partial charge in [0, 0.05) is 11.9 Å². The third-order valence-corrected chi connectivity index (χ3v) is 1.28. The minimum Gasteiger partial charge on any atom is -0.344 e. The Labute approximate surface area is 61.9 Å². The monoisotopic (exact) mass is 138 g/mol. The van der Waals surface area contributed by atoms with Crippen LogP contribution in [0, 0.1) is 0 Å². The number of rotatable bonds is 1. The Morgan fingerprint density at radius 2 is 2.00 bits per heavy atom. The van der Waals surface area contributed by atoms with Crippen LogP contribution in [-0.4, -0.2) is 4.98 Å². The highest BCUT2D eigenvalue weighted by Gasteiger charge is 1.95.